The van der Waals surface area contributed by atoms with Crippen LogP contribution in [-0.2, 0) is 6.54 Å². The number of rotatable bonds is 4. The quantitative estimate of drug-likeness (QED) is 0.796. The Kier molecular flexibility index (Phi) is 3.86. The second-order valence-corrected chi connectivity index (χ2v) is 4.57. The lowest BCUT2D eigenvalue weighted by atomic mass is 10.3. The number of nitrogens with one attached hydrogen (secondary N) is 1. The summed E-state index contributed by atoms with van der Waals surface area (Å²) in [5, 5.41) is 10.4. The Bertz CT molecular complexity index is 787. The SMILES string of the molecule is O=C(NCc1cccnc1)c1cn(-c2cccc(F)c2)nn1. The first-order valence-electron chi connectivity index (χ1n) is 6.58. The molecule has 3 rings (SSSR count). The normalized spacial score (nSPS) is 10.4. The van der Waals surface area contributed by atoms with Crippen LogP contribution >= 0.6 is 0 Å². The van der Waals surface area contributed by atoms with Crippen LogP contribution in [0.1, 0.15) is 16.1 Å². The molecule has 2 aromatic heterocycles. The molecule has 7 heteroatoms. The first kappa shape index (κ1) is 13.9. The highest BCUT2D eigenvalue weighted by Crippen LogP contribution is 2.08. The summed E-state index contributed by atoms with van der Waals surface area (Å²) in [6.07, 6.45) is 4.78. The minimum absolute atomic E-state index is 0.160. The third kappa shape index (κ3) is 3.14. The van der Waals surface area contributed by atoms with Gasteiger partial charge in [0.05, 0.1) is 11.9 Å². The molecule has 110 valence electrons. The maximum atomic E-state index is 13.2. The minimum Gasteiger partial charge on any atom is -0.346 e. The Morgan fingerprint density at radius 1 is 1.27 bits per heavy atom. The minimum atomic E-state index is -0.379. The summed E-state index contributed by atoms with van der Waals surface area (Å²) in [6.45, 7) is 0.347. The number of hydrogen-bond donors (Lipinski definition) is 1. The van der Waals surface area contributed by atoms with E-state index in [0.717, 1.165) is 5.56 Å². The fourth-order valence-corrected chi connectivity index (χ4v) is 1.89. The zero-order valence-electron chi connectivity index (χ0n) is 11.5. The molecule has 1 N–H and O–H groups in total. The van der Waals surface area contributed by atoms with Gasteiger partial charge < -0.3 is 5.32 Å². The van der Waals surface area contributed by atoms with Crippen LogP contribution in [0.4, 0.5) is 4.39 Å². The molecule has 0 saturated carbocycles. The monoisotopic (exact) mass is 297 g/mol. The molecular formula is C15H12FN5O. The van der Waals surface area contributed by atoms with Crippen LogP contribution in [0.3, 0.4) is 0 Å². The van der Waals surface area contributed by atoms with Crippen molar-refractivity contribution in [3.63, 3.8) is 0 Å². The molecule has 3 aromatic rings. The average molecular weight is 297 g/mol. The number of nitrogens with zero attached hydrogens (tertiary/aromatic N) is 4. The van der Waals surface area contributed by atoms with Crippen molar-refractivity contribution in [2.24, 2.45) is 0 Å². The van der Waals surface area contributed by atoms with Gasteiger partial charge in [0, 0.05) is 18.9 Å². The summed E-state index contributed by atoms with van der Waals surface area (Å²) in [7, 11) is 0. The van der Waals surface area contributed by atoms with Gasteiger partial charge in [-0.2, -0.15) is 0 Å². The Balaban J connectivity index is 1.69. The van der Waals surface area contributed by atoms with Crippen LogP contribution < -0.4 is 5.32 Å². The topological polar surface area (TPSA) is 72.7 Å². The van der Waals surface area contributed by atoms with Gasteiger partial charge in [-0.3, -0.25) is 9.78 Å². The second kappa shape index (κ2) is 6.13. The molecule has 0 spiro atoms. The standard InChI is InChI=1S/C15H12FN5O/c16-12-4-1-5-13(7-12)21-10-14(19-20-21)15(22)18-9-11-3-2-6-17-8-11/h1-8,10H,9H2,(H,18,22). The highest BCUT2D eigenvalue weighted by atomic mass is 19.1. The van der Waals surface area contributed by atoms with Crippen molar-refractivity contribution in [3.05, 3.63) is 72.1 Å². The van der Waals surface area contributed by atoms with Gasteiger partial charge in [-0.05, 0) is 29.8 Å². The smallest absolute Gasteiger partial charge is 0.273 e. The molecule has 0 saturated heterocycles. The molecule has 1 amide bonds. The van der Waals surface area contributed by atoms with Gasteiger partial charge in [0.15, 0.2) is 5.69 Å². The van der Waals surface area contributed by atoms with E-state index in [1.54, 1.807) is 30.6 Å². The lowest BCUT2D eigenvalue weighted by Crippen LogP contribution is -2.23. The predicted molar refractivity (Wildman–Crippen MR) is 76.7 cm³/mol. The van der Waals surface area contributed by atoms with Gasteiger partial charge in [-0.25, -0.2) is 9.07 Å². The van der Waals surface area contributed by atoms with Gasteiger partial charge in [0.2, 0.25) is 0 Å². The predicted octanol–water partition coefficient (Wildman–Crippen LogP) is 1.73. The largest absolute Gasteiger partial charge is 0.346 e. The van der Waals surface area contributed by atoms with Crippen molar-refractivity contribution in [2.45, 2.75) is 6.54 Å². The zero-order chi connectivity index (χ0) is 15.4. The number of benzene rings is 1. The Morgan fingerprint density at radius 3 is 2.95 bits per heavy atom. The van der Waals surface area contributed by atoms with E-state index in [1.807, 2.05) is 6.07 Å². The molecule has 0 aliphatic heterocycles. The van der Waals surface area contributed by atoms with Crippen molar-refractivity contribution < 1.29 is 9.18 Å². The number of aromatic nitrogens is 4. The van der Waals surface area contributed by atoms with E-state index in [4.69, 9.17) is 0 Å². The molecule has 2 heterocycles. The third-order valence-corrected chi connectivity index (χ3v) is 2.97. The first-order chi connectivity index (χ1) is 10.7. The summed E-state index contributed by atoms with van der Waals surface area (Å²) in [5.41, 5.74) is 1.54. The van der Waals surface area contributed by atoms with Gasteiger partial charge in [0.1, 0.15) is 5.82 Å². The van der Waals surface area contributed by atoms with Crippen LogP contribution in [-0.4, -0.2) is 25.9 Å². The number of carbonyl (C=O) groups excluding carboxylic acids is 1. The van der Waals surface area contributed by atoms with Crippen LogP contribution in [0.5, 0.6) is 0 Å². The van der Waals surface area contributed by atoms with E-state index in [9.17, 15) is 9.18 Å². The zero-order valence-corrected chi connectivity index (χ0v) is 11.5. The highest BCUT2D eigenvalue weighted by molar-refractivity contribution is 5.91. The highest BCUT2D eigenvalue weighted by Gasteiger charge is 2.11. The Morgan fingerprint density at radius 2 is 2.18 bits per heavy atom. The van der Waals surface area contributed by atoms with E-state index in [0.29, 0.717) is 12.2 Å². The van der Waals surface area contributed by atoms with Gasteiger partial charge >= 0.3 is 0 Å². The van der Waals surface area contributed by atoms with Crippen LogP contribution in [0.25, 0.3) is 5.69 Å². The third-order valence-electron chi connectivity index (χ3n) is 2.97. The average Bonchev–Trinajstić information content (AvgIpc) is 3.04. The summed E-state index contributed by atoms with van der Waals surface area (Å²) < 4.78 is 14.5. The van der Waals surface area contributed by atoms with E-state index >= 15 is 0 Å². The Hall–Kier alpha value is -3.09. The van der Waals surface area contributed by atoms with Crippen molar-refractivity contribution in [2.75, 3.05) is 0 Å². The fourth-order valence-electron chi connectivity index (χ4n) is 1.89. The molecule has 0 aliphatic rings. The van der Waals surface area contributed by atoms with Gasteiger partial charge in [-0.15, -0.1) is 5.10 Å². The van der Waals surface area contributed by atoms with Crippen LogP contribution in [0.15, 0.2) is 55.0 Å². The molecule has 0 aliphatic carbocycles. The Labute approximate surface area is 125 Å². The number of amides is 1. The van der Waals surface area contributed by atoms with Crippen molar-refractivity contribution in [1.29, 1.82) is 0 Å². The number of pyridine rings is 1. The number of hydrogen-bond acceptors (Lipinski definition) is 4. The first-order valence-corrected chi connectivity index (χ1v) is 6.58. The van der Waals surface area contributed by atoms with Crippen LogP contribution in [0.2, 0.25) is 0 Å². The molecule has 0 radical (unpaired) electrons. The summed E-state index contributed by atoms with van der Waals surface area (Å²) in [5.74, 6) is -0.734. The molecule has 0 unspecified atom stereocenters. The van der Waals surface area contributed by atoms with Crippen molar-refractivity contribution >= 4 is 5.91 Å². The number of carbonyl (C=O) groups is 1. The summed E-state index contributed by atoms with van der Waals surface area (Å²) >= 11 is 0. The van der Waals surface area contributed by atoms with Gasteiger partial charge in [-0.1, -0.05) is 17.3 Å². The molecule has 6 nitrogen and oxygen atoms in total. The van der Waals surface area contributed by atoms with E-state index in [2.05, 4.69) is 20.6 Å². The molecule has 22 heavy (non-hydrogen) atoms. The molecule has 0 atom stereocenters. The molecule has 0 bridgehead atoms. The maximum absolute atomic E-state index is 13.2. The second-order valence-electron chi connectivity index (χ2n) is 4.57. The van der Waals surface area contributed by atoms with E-state index in [1.165, 1.54) is 23.0 Å². The van der Waals surface area contributed by atoms with Crippen LogP contribution in [0, 0.1) is 5.82 Å². The van der Waals surface area contributed by atoms with Gasteiger partial charge in [0.25, 0.3) is 5.91 Å². The van der Waals surface area contributed by atoms with E-state index < -0.39 is 0 Å². The van der Waals surface area contributed by atoms with Crippen molar-refractivity contribution in [3.8, 4) is 5.69 Å². The summed E-state index contributed by atoms with van der Waals surface area (Å²) in [4.78, 5) is 16.0. The molecule has 1 aromatic carbocycles. The fraction of sp³-hybridized carbons (Fsp3) is 0.0667. The lowest BCUT2D eigenvalue weighted by Gasteiger charge is -2.02. The lowest BCUT2D eigenvalue weighted by molar-refractivity contribution is 0.0946. The van der Waals surface area contributed by atoms with E-state index in [-0.39, 0.29) is 17.4 Å². The summed E-state index contributed by atoms with van der Waals surface area (Å²) in [6, 6.07) is 9.54. The molecular weight excluding hydrogens is 285 g/mol. The molecule has 0 fully saturated rings. The number of halogens is 1. The van der Waals surface area contributed by atoms with Crippen molar-refractivity contribution in [1.82, 2.24) is 25.3 Å². The maximum Gasteiger partial charge on any atom is 0.273 e.